The number of amides is 1. The number of benzene rings is 1. The van der Waals surface area contributed by atoms with Crippen molar-refractivity contribution in [2.45, 2.75) is 11.1 Å². The van der Waals surface area contributed by atoms with Crippen LogP contribution in [0.2, 0.25) is 0 Å². The third-order valence-electron chi connectivity index (χ3n) is 3.73. The van der Waals surface area contributed by atoms with Gasteiger partial charge in [0.05, 0.1) is 12.2 Å². The highest BCUT2D eigenvalue weighted by Gasteiger charge is 2.23. The van der Waals surface area contributed by atoms with E-state index in [-0.39, 0.29) is 10.8 Å². The maximum atomic E-state index is 12.4. The average molecular weight is 390 g/mol. The number of hydrogen-bond donors (Lipinski definition) is 1. The van der Waals surface area contributed by atoms with Gasteiger partial charge in [-0.05, 0) is 42.6 Å². The monoisotopic (exact) mass is 390 g/mol. The summed E-state index contributed by atoms with van der Waals surface area (Å²) in [6.45, 7) is 1.66. The Balaban J connectivity index is 1.70. The molecule has 3 rings (SSSR count). The second kappa shape index (κ2) is 7.40. The molecule has 0 aliphatic rings. The molecule has 0 saturated heterocycles. The molecule has 0 fully saturated rings. The number of aromatic nitrogens is 2. The van der Waals surface area contributed by atoms with Crippen LogP contribution in [0.25, 0.3) is 5.69 Å². The average Bonchev–Trinajstić information content (AvgIpc) is 3.26. The summed E-state index contributed by atoms with van der Waals surface area (Å²) in [6, 6.07) is 12.3. The Morgan fingerprint density at radius 1 is 1.27 bits per heavy atom. The first kappa shape index (κ1) is 18.3. The van der Waals surface area contributed by atoms with Gasteiger partial charge >= 0.3 is 0 Å². The van der Waals surface area contributed by atoms with Crippen LogP contribution in [0.15, 0.2) is 58.3 Å². The summed E-state index contributed by atoms with van der Waals surface area (Å²) < 4.78 is 27.7. The molecule has 26 heavy (non-hydrogen) atoms. The van der Waals surface area contributed by atoms with Gasteiger partial charge in [-0.2, -0.15) is 9.40 Å². The molecule has 1 amide bonds. The van der Waals surface area contributed by atoms with Crippen molar-refractivity contribution in [2.75, 3.05) is 18.9 Å². The molecular weight excluding hydrogens is 372 g/mol. The van der Waals surface area contributed by atoms with E-state index in [4.69, 9.17) is 0 Å². The van der Waals surface area contributed by atoms with E-state index in [1.54, 1.807) is 40.5 Å². The molecule has 0 atom stereocenters. The van der Waals surface area contributed by atoms with E-state index in [0.717, 1.165) is 27.0 Å². The normalized spacial score (nSPS) is 11.7. The fraction of sp³-hybridized carbons (Fsp3) is 0.176. The number of nitrogens with zero attached hydrogens (tertiary/aromatic N) is 3. The minimum absolute atomic E-state index is 0.212. The molecule has 0 bridgehead atoms. The molecule has 2 heterocycles. The first-order valence-electron chi connectivity index (χ1n) is 7.79. The Labute approximate surface area is 155 Å². The van der Waals surface area contributed by atoms with Crippen molar-refractivity contribution in [3.05, 3.63) is 59.7 Å². The number of rotatable bonds is 6. The van der Waals surface area contributed by atoms with Crippen LogP contribution in [-0.4, -0.2) is 42.0 Å². The molecule has 0 aliphatic heterocycles. The standard InChI is InChI=1S/C17H18N4O3S2/c1-13-8-9-18-21(13)15-6-3-5-14(11-15)19-16(22)12-20(2)26(23,24)17-7-4-10-25-17/h3-11H,12H2,1-2H3,(H,19,22). The third kappa shape index (κ3) is 3.85. The van der Waals surface area contributed by atoms with Gasteiger partial charge in [-0.3, -0.25) is 4.79 Å². The smallest absolute Gasteiger partial charge is 0.252 e. The van der Waals surface area contributed by atoms with E-state index >= 15 is 0 Å². The molecule has 1 N–H and O–H groups in total. The van der Waals surface area contributed by atoms with Crippen LogP contribution in [0, 0.1) is 6.92 Å². The minimum Gasteiger partial charge on any atom is -0.325 e. The maximum Gasteiger partial charge on any atom is 0.252 e. The van der Waals surface area contributed by atoms with Gasteiger partial charge in [-0.15, -0.1) is 11.3 Å². The molecule has 9 heteroatoms. The van der Waals surface area contributed by atoms with Crippen LogP contribution >= 0.6 is 11.3 Å². The lowest BCUT2D eigenvalue weighted by molar-refractivity contribution is -0.116. The van der Waals surface area contributed by atoms with Crippen LogP contribution in [0.4, 0.5) is 5.69 Å². The van der Waals surface area contributed by atoms with E-state index in [0.29, 0.717) is 5.69 Å². The summed E-state index contributed by atoms with van der Waals surface area (Å²) in [5, 5.41) is 8.65. The van der Waals surface area contributed by atoms with Gasteiger partial charge in [0.1, 0.15) is 4.21 Å². The second-order valence-electron chi connectivity index (χ2n) is 5.68. The summed E-state index contributed by atoms with van der Waals surface area (Å²) >= 11 is 1.12. The highest BCUT2D eigenvalue weighted by molar-refractivity contribution is 7.91. The molecule has 1 aromatic carbocycles. The summed E-state index contributed by atoms with van der Waals surface area (Å²) in [6.07, 6.45) is 1.70. The molecule has 0 spiro atoms. The molecule has 7 nitrogen and oxygen atoms in total. The number of sulfonamides is 1. The van der Waals surface area contributed by atoms with Crippen molar-refractivity contribution < 1.29 is 13.2 Å². The van der Waals surface area contributed by atoms with E-state index < -0.39 is 15.9 Å². The Kier molecular flexibility index (Phi) is 5.21. The first-order valence-corrected chi connectivity index (χ1v) is 10.1. The number of likely N-dealkylation sites (N-methyl/N-ethyl adjacent to an activating group) is 1. The molecule has 136 valence electrons. The van der Waals surface area contributed by atoms with Crippen LogP contribution in [-0.2, 0) is 14.8 Å². The largest absolute Gasteiger partial charge is 0.325 e. The summed E-state index contributed by atoms with van der Waals surface area (Å²) in [7, 11) is -2.27. The zero-order chi connectivity index (χ0) is 18.7. The van der Waals surface area contributed by atoms with Crippen molar-refractivity contribution in [1.29, 1.82) is 0 Å². The van der Waals surface area contributed by atoms with Gasteiger partial charge < -0.3 is 5.32 Å². The predicted molar refractivity (Wildman–Crippen MR) is 101 cm³/mol. The topological polar surface area (TPSA) is 84.3 Å². The molecular formula is C17H18N4O3S2. The highest BCUT2D eigenvalue weighted by atomic mass is 32.2. The SMILES string of the molecule is Cc1ccnn1-c1cccc(NC(=O)CN(C)S(=O)(=O)c2cccs2)c1. The second-order valence-corrected chi connectivity index (χ2v) is 8.90. The lowest BCUT2D eigenvalue weighted by Gasteiger charge is -2.16. The van der Waals surface area contributed by atoms with E-state index in [2.05, 4.69) is 10.4 Å². The number of nitrogens with one attached hydrogen (secondary N) is 1. The Bertz CT molecular complexity index is 1010. The first-order chi connectivity index (χ1) is 12.4. The van der Waals surface area contributed by atoms with Gasteiger partial charge in [0.15, 0.2) is 0 Å². The number of hydrogen-bond acceptors (Lipinski definition) is 5. The Hall–Kier alpha value is -2.49. The molecule has 3 aromatic rings. The van der Waals surface area contributed by atoms with Gasteiger partial charge in [0, 0.05) is 24.6 Å². The van der Waals surface area contributed by atoms with Gasteiger partial charge in [0.25, 0.3) is 10.0 Å². The Morgan fingerprint density at radius 3 is 2.73 bits per heavy atom. The number of thiophene rings is 1. The van der Waals surface area contributed by atoms with Crippen LogP contribution in [0.1, 0.15) is 5.69 Å². The van der Waals surface area contributed by atoms with E-state index in [9.17, 15) is 13.2 Å². The van der Waals surface area contributed by atoms with Gasteiger partial charge in [-0.25, -0.2) is 13.1 Å². The van der Waals surface area contributed by atoms with Crippen LogP contribution in [0.3, 0.4) is 0 Å². The van der Waals surface area contributed by atoms with Crippen molar-refractivity contribution in [2.24, 2.45) is 0 Å². The van der Waals surface area contributed by atoms with Crippen molar-refractivity contribution in [1.82, 2.24) is 14.1 Å². The zero-order valence-corrected chi connectivity index (χ0v) is 15.9. The zero-order valence-electron chi connectivity index (χ0n) is 14.3. The van der Waals surface area contributed by atoms with Crippen LogP contribution in [0.5, 0.6) is 0 Å². The van der Waals surface area contributed by atoms with E-state index in [1.807, 2.05) is 19.1 Å². The third-order valence-corrected chi connectivity index (χ3v) is 6.91. The van der Waals surface area contributed by atoms with E-state index in [1.165, 1.54) is 13.1 Å². The lowest BCUT2D eigenvalue weighted by atomic mass is 10.2. The molecule has 0 unspecified atom stereocenters. The molecule has 0 aliphatic carbocycles. The fourth-order valence-corrected chi connectivity index (χ4v) is 4.73. The van der Waals surface area contributed by atoms with Crippen LogP contribution < -0.4 is 5.32 Å². The summed E-state index contributed by atoms with van der Waals surface area (Å²) in [4.78, 5) is 12.3. The van der Waals surface area contributed by atoms with Gasteiger partial charge in [0.2, 0.25) is 5.91 Å². The summed E-state index contributed by atoms with van der Waals surface area (Å²) in [5.41, 5.74) is 2.35. The highest BCUT2D eigenvalue weighted by Crippen LogP contribution is 2.20. The van der Waals surface area contributed by atoms with Crippen molar-refractivity contribution >= 4 is 33.0 Å². The lowest BCUT2D eigenvalue weighted by Crippen LogP contribution is -2.34. The van der Waals surface area contributed by atoms with Crippen molar-refractivity contribution in [3.63, 3.8) is 0 Å². The fourth-order valence-electron chi connectivity index (χ4n) is 2.41. The van der Waals surface area contributed by atoms with Crippen molar-refractivity contribution in [3.8, 4) is 5.69 Å². The Morgan fingerprint density at radius 2 is 2.08 bits per heavy atom. The van der Waals surface area contributed by atoms with Gasteiger partial charge in [-0.1, -0.05) is 12.1 Å². The number of aryl methyl sites for hydroxylation is 1. The minimum atomic E-state index is -3.66. The summed E-state index contributed by atoms with van der Waals surface area (Å²) in [5.74, 6) is -0.415. The molecule has 0 saturated carbocycles. The predicted octanol–water partition coefficient (Wildman–Crippen LogP) is 2.50. The number of anilines is 1. The molecule has 2 aromatic heterocycles. The molecule has 0 radical (unpaired) electrons. The number of carbonyl (C=O) groups excluding carboxylic acids is 1. The maximum absolute atomic E-state index is 12.4. The number of carbonyl (C=O) groups is 1. The quantitative estimate of drug-likeness (QED) is 0.701.